The van der Waals surface area contributed by atoms with Gasteiger partial charge in [-0.3, -0.25) is 10.1 Å². The lowest BCUT2D eigenvalue weighted by Crippen LogP contribution is -1.93. The maximum absolute atomic E-state index is 11.3. The second-order valence-electron chi connectivity index (χ2n) is 6.84. The summed E-state index contributed by atoms with van der Waals surface area (Å²) in [6.45, 7) is 0. The maximum Gasteiger partial charge on any atom is 0.284 e. The molecule has 5 heteroatoms. The minimum atomic E-state index is -0.368. The molecule has 0 fully saturated rings. The highest BCUT2D eigenvalue weighted by Gasteiger charge is 2.16. The van der Waals surface area contributed by atoms with Crippen LogP contribution in [-0.4, -0.2) is 9.49 Å². The van der Waals surface area contributed by atoms with Crippen molar-refractivity contribution in [3.63, 3.8) is 0 Å². The van der Waals surface area contributed by atoms with Gasteiger partial charge in [0, 0.05) is 22.5 Å². The van der Waals surface area contributed by atoms with E-state index in [9.17, 15) is 10.1 Å². The molecule has 5 aromatic rings. The largest absolute Gasteiger partial charge is 0.309 e. The van der Waals surface area contributed by atoms with E-state index in [1.165, 1.54) is 0 Å². The van der Waals surface area contributed by atoms with Crippen LogP contribution >= 0.6 is 15.9 Å². The molecular weight excluding hydrogens is 428 g/mol. The van der Waals surface area contributed by atoms with Crippen molar-refractivity contribution in [2.75, 3.05) is 0 Å². The van der Waals surface area contributed by atoms with Gasteiger partial charge in [-0.15, -0.1) is 0 Å². The van der Waals surface area contributed by atoms with Crippen LogP contribution in [0.1, 0.15) is 0 Å². The van der Waals surface area contributed by atoms with Crippen molar-refractivity contribution in [2.45, 2.75) is 0 Å². The number of halogens is 1. The van der Waals surface area contributed by atoms with Gasteiger partial charge in [0.2, 0.25) is 0 Å². The summed E-state index contributed by atoms with van der Waals surface area (Å²) in [7, 11) is 0. The SMILES string of the molecule is O=[N+]([O-])c1cc(-c2ccc3c(c2)c2ccccc2n3-c2ccccc2)ccc1Br. The van der Waals surface area contributed by atoms with Gasteiger partial charge >= 0.3 is 0 Å². The minimum absolute atomic E-state index is 0.0642. The van der Waals surface area contributed by atoms with Gasteiger partial charge in [-0.1, -0.05) is 48.5 Å². The Hall–Kier alpha value is -3.44. The number of nitrogens with zero attached hydrogens (tertiary/aromatic N) is 2. The number of rotatable bonds is 3. The fourth-order valence-electron chi connectivity index (χ4n) is 3.84. The van der Waals surface area contributed by atoms with Crippen LogP contribution in [0.4, 0.5) is 5.69 Å². The third kappa shape index (κ3) is 2.91. The van der Waals surface area contributed by atoms with Crippen LogP contribution in [0, 0.1) is 10.1 Å². The lowest BCUT2D eigenvalue weighted by molar-refractivity contribution is -0.385. The number of hydrogen-bond donors (Lipinski definition) is 0. The van der Waals surface area contributed by atoms with Gasteiger partial charge < -0.3 is 4.57 Å². The molecule has 1 heterocycles. The van der Waals surface area contributed by atoms with Crippen LogP contribution in [-0.2, 0) is 0 Å². The third-order valence-corrected chi connectivity index (χ3v) is 5.83. The van der Waals surface area contributed by atoms with E-state index in [4.69, 9.17) is 0 Å². The molecular formula is C24H15BrN2O2. The summed E-state index contributed by atoms with van der Waals surface area (Å²) in [5, 5.41) is 13.6. The zero-order valence-electron chi connectivity index (χ0n) is 15.2. The quantitative estimate of drug-likeness (QED) is 0.220. The molecule has 0 saturated heterocycles. The Morgan fingerprint density at radius 2 is 1.38 bits per heavy atom. The Morgan fingerprint density at radius 3 is 2.17 bits per heavy atom. The van der Waals surface area contributed by atoms with Gasteiger partial charge in [0.25, 0.3) is 5.69 Å². The number of nitro groups is 1. The van der Waals surface area contributed by atoms with E-state index < -0.39 is 0 Å². The molecule has 0 aliphatic carbocycles. The molecule has 0 spiro atoms. The molecule has 5 rings (SSSR count). The van der Waals surface area contributed by atoms with Crippen molar-refractivity contribution >= 4 is 43.4 Å². The normalized spacial score (nSPS) is 11.2. The molecule has 0 aliphatic heterocycles. The second-order valence-corrected chi connectivity index (χ2v) is 7.70. The number of hydrogen-bond acceptors (Lipinski definition) is 2. The summed E-state index contributed by atoms with van der Waals surface area (Å²) in [6, 6.07) is 30.0. The third-order valence-electron chi connectivity index (χ3n) is 5.16. The highest BCUT2D eigenvalue weighted by atomic mass is 79.9. The second kappa shape index (κ2) is 6.87. The van der Waals surface area contributed by atoms with Crippen molar-refractivity contribution in [3.05, 3.63) is 106 Å². The number of benzene rings is 4. The Kier molecular flexibility index (Phi) is 4.18. The van der Waals surface area contributed by atoms with Gasteiger partial charge in [0.1, 0.15) is 0 Å². The van der Waals surface area contributed by atoms with Crippen molar-refractivity contribution in [3.8, 4) is 16.8 Å². The summed E-state index contributed by atoms with van der Waals surface area (Å²) in [6.07, 6.45) is 0. The van der Waals surface area contributed by atoms with E-state index in [1.807, 2.05) is 42.5 Å². The average molecular weight is 443 g/mol. The van der Waals surface area contributed by atoms with E-state index in [0.717, 1.165) is 38.6 Å². The first-order valence-corrected chi connectivity index (χ1v) is 9.96. The predicted octanol–water partition coefficient (Wildman–Crippen LogP) is 7.12. The summed E-state index contributed by atoms with van der Waals surface area (Å²) in [4.78, 5) is 11.0. The molecule has 0 aliphatic rings. The first-order valence-electron chi connectivity index (χ1n) is 9.16. The van der Waals surface area contributed by atoms with Crippen molar-refractivity contribution in [1.82, 2.24) is 4.57 Å². The van der Waals surface area contributed by atoms with Crippen LogP contribution in [0.2, 0.25) is 0 Å². The van der Waals surface area contributed by atoms with Crippen LogP contribution in [0.25, 0.3) is 38.6 Å². The molecule has 0 radical (unpaired) electrons. The highest BCUT2D eigenvalue weighted by molar-refractivity contribution is 9.10. The first kappa shape index (κ1) is 17.6. The van der Waals surface area contributed by atoms with Gasteiger partial charge in [-0.25, -0.2) is 0 Å². The molecule has 0 unspecified atom stereocenters. The van der Waals surface area contributed by atoms with Gasteiger partial charge in [-0.2, -0.15) is 0 Å². The molecule has 0 N–H and O–H groups in total. The Bertz CT molecular complexity index is 1390. The van der Waals surface area contributed by atoms with Gasteiger partial charge in [0.15, 0.2) is 0 Å². The summed E-state index contributed by atoms with van der Waals surface area (Å²) >= 11 is 3.26. The fraction of sp³-hybridized carbons (Fsp3) is 0. The lowest BCUT2D eigenvalue weighted by atomic mass is 10.0. The molecule has 4 nitrogen and oxygen atoms in total. The van der Waals surface area contributed by atoms with E-state index >= 15 is 0 Å². The molecule has 140 valence electrons. The Balaban J connectivity index is 1.78. The number of nitro benzene ring substituents is 1. The predicted molar refractivity (Wildman–Crippen MR) is 121 cm³/mol. The lowest BCUT2D eigenvalue weighted by Gasteiger charge is -2.08. The Labute approximate surface area is 175 Å². The van der Waals surface area contributed by atoms with Gasteiger partial charge in [-0.05, 0) is 63.5 Å². The smallest absolute Gasteiger partial charge is 0.284 e. The highest BCUT2D eigenvalue weighted by Crippen LogP contribution is 2.36. The van der Waals surface area contributed by atoms with Crippen LogP contribution < -0.4 is 0 Å². The molecule has 29 heavy (non-hydrogen) atoms. The minimum Gasteiger partial charge on any atom is -0.309 e. The van der Waals surface area contributed by atoms with Crippen LogP contribution in [0.3, 0.4) is 0 Å². The van der Waals surface area contributed by atoms with Crippen molar-refractivity contribution in [2.24, 2.45) is 0 Å². The zero-order valence-corrected chi connectivity index (χ0v) is 16.8. The molecule has 4 aromatic carbocycles. The fourth-order valence-corrected chi connectivity index (χ4v) is 4.23. The number of aromatic nitrogens is 1. The maximum atomic E-state index is 11.3. The molecule has 0 bridgehead atoms. The average Bonchev–Trinajstić information content (AvgIpc) is 3.08. The standard InChI is InChI=1S/C24H15BrN2O2/c25-21-12-10-17(15-24(21)27(28)29)16-11-13-23-20(14-16)19-8-4-5-9-22(19)26(23)18-6-2-1-3-7-18/h1-15H. The monoisotopic (exact) mass is 442 g/mol. The summed E-state index contributed by atoms with van der Waals surface area (Å²) < 4.78 is 2.73. The summed E-state index contributed by atoms with van der Waals surface area (Å²) in [5.41, 5.74) is 5.17. The number of fused-ring (bicyclic) bond motifs is 3. The first-order chi connectivity index (χ1) is 14.1. The van der Waals surface area contributed by atoms with E-state index in [-0.39, 0.29) is 10.6 Å². The van der Waals surface area contributed by atoms with Crippen molar-refractivity contribution in [1.29, 1.82) is 0 Å². The molecule has 0 saturated carbocycles. The van der Waals surface area contributed by atoms with Crippen LogP contribution in [0.5, 0.6) is 0 Å². The van der Waals surface area contributed by atoms with Gasteiger partial charge in [0.05, 0.1) is 20.4 Å². The zero-order chi connectivity index (χ0) is 20.0. The van der Waals surface area contributed by atoms with E-state index in [0.29, 0.717) is 4.47 Å². The Morgan fingerprint density at radius 1 is 0.724 bits per heavy atom. The topological polar surface area (TPSA) is 48.1 Å². The number of para-hydroxylation sites is 2. The van der Waals surface area contributed by atoms with E-state index in [2.05, 4.69) is 56.9 Å². The molecule has 0 atom stereocenters. The molecule has 1 aromatic heterocycles. The van der Waals surface area contributed by atoms with Crippen LogP contribution in [0.15, 0.2) is 95.5 Å². The van der Waals surface area contributed by atoms with E-state index in [1.54, 1.807) is 12.1 Å². The summed E-state index contributed by atoms with van der Waals surface area (Å²) in [5.74, 6) is 0. The molecule has 0 amide bonds. The van der Waals surface area contributed by atoms with Crippen molar-refractivity contribution < 1.29 is 4.92 Å².